The number of alkyl halides is 2. The number of amides is 1. The van der Waals surface area contributed by atoms with Crippen molar-refractivity contribution in [3.05, 3.63) is 29.8 Å². The van der Waals surface area contributed by atoms with Crippen molar-refractivity contribution in [1.82, 2.24) is 10.2 Å². The van der Waals surface area contributed by atoms with Gasteiger partial charge in [0.25, 0.3) is 0 Å². The Balaban J connectivity index is 1.77. The topological polar surface area (TPSA) is 41.6 Å². The van der Waals surface area contributed by atoms with E-state index in [1.54, 1.807) is 12.1 Å². The summed E-state index contributed by atoms with van der Waals surface area (Å²) in [5, 5.41) is 3.13. The number of carbonyl (C=O) groups excluding carboxylic acids is 1. The fourth-order valence-corrected chi connectivity index (χ4v) is 3.17. The van der Waals surface area contributed by atoms with Crippen LogP contribution in [0.4, 0.5) is 8.78 Å². The van der Waals surface area contributed by atoms with Gasteiger partial charge in [-0.2, -0.15) is 8.78 Å². The quantitative estimate of drug-likeness (QED) is 0.827. The first-order valence-corrected chi connectivity index (χ1v) is 8.45. The number of hydrogen-bond donors (Lipinski definition) is 1. The molecule has 24 heavy (non-hydrogen) atoms. The average Bonchev–Trinajstić information content (AvgIpc) is 2.51. The van der Waals surface area contributed by atoms with Crippen LogP contribution < -0.4 is 10.1 Å². The molecule has 0 unspecified atom stereocenters. The van der Waals surface area contributed by atoms with Crippen LogP contribution in [0.5, 0.6) is 5.75 Å². The van der Waals surface area contributed by atoms with E-state index in [-0.39, 0.29) is 17.7 Å². The Bertz CT molecular complexity index is 522. The maximum Gasteiger partial charge on any atom is 0.387 e. The summed E-state index contributed by atoms with van der Waals surface area (Å²) < 4.78 is 28.6. The molecule has 1 amide bonds. The number of hydrogen-bond acceptors (Lipinski definition) is 3. The van der Waals surface area contributed by atoms with Crippen LogP contribution in [-0.4, -0.2) is 37.1 Å². The van der Waals surface area contributed by atoms with E-state index in [4.69, 9.17) is 0 Å². The maximum atomic E-state index is 12.2. The summed E-state index contributed by atoms with van der Waals surface area (Å²) in [7, 11) is 1.87. The molecule has 0 saturated heterocycles. The van der Waals surface area contributed by atoms with Gasteiger partial charge in [0.1, 0.15) is 5.75 Å². The number of halogens is 2. The Morgan fingerprint density at radius 3 is 2.58 bits per heavy atom. The van der Waals surface area contributed by atoms with Gasteiger partial charge in [0, 0.05) is 12.6 Å². The number of ether oxygens (including phenoxy) is 1. The Morgan fingerprint density at radius 1 is 1.29 bits per heavy atom. The monoisotopic (exact) mass is 340 g/mol. The van der Waals surface area contributed by atoms with Crippen LogP contribution in [0.1, 0.15) is 38.2 Å². The van der Waals surface area contributed by atoms with Gasteiger partial charge in [0.2, 0.25) is 5.91 Å². The van der Waals surface area contributed by atoms with E-state index in [0.717, 1.165) is 12.0 Å². The molecule has 1 fully saturated rings. The van der Waals surface area contributed by atoms with Gasteiger partial charge in [-0.3, -0.25) is 9.69 Å². The normalized spacial score (nSPS) is 21.1. The second-order valence-electron chi connectivity index (χ2n) is 6.63. The molecule has 1 aromatic rings. The fourth-order valence-electron chi connectivity index (χ4n) is 3.17. The number of likely N-dealkylation sites (N-methyl/N-ethyl adjacent to an activating group) is 1. The van der Waals surface area contributed by atoms with Gasteiger partial charge < -0.3 is 10.1 Å². The summed E-state index contributed by atoms with van der Waals surface area (Å²) in [6.07, 6.45) is 4.66. The highest BCUT2D eigenvalue weighted by Gasteiger charge is 2.23. The van der Waals surface area contributed by atoms with E-state index in [1.165, 1.54) is 31.4 Å². The zero-order chi connectivity index (χ0) is 17.5. The summed E-state index contributed by atoms with van der Waals surface area (Å²) in [5.41, 5.74) is 0.943. The zero-order valence-electron chi connectivity index (χ0n) is 14.3. The van der Waals surface area contributed by atoms with Crippen molar-refractivity contribution in [2.75, 3.05) is 13.6 Å². The van der Waals surface area contributed by atoms with E-state index in [0.29, 0.717) is 19.0 Å². The second-order valence-corrected chi connectivity index (χ2v) is 6.63. The molecule has 0 heterocycles. The number of nitrogens with zero attached hydrogens (tertiary/aromatic N) is 1. The van der Waals surface area contributed by atoms with Crippen molar-refractivity contribution in [1.29, 1.82) is 0 Å². The largest absolute Gasteiger partial charge is 0.435 e. The Morgan fingerprint density at radius 2 is 1.96 bits per heavy atom. The van der Waals surface area contributed by atoms with Crippen molar-refractivity contribution < 1.29 is 18.3 Å². The molecule has 1 aliphatic rings. The molecule has 0 aliphatic heterocycles. The highest BCUT2D eigenvalue weighted by atomic mass is 19.3. The van der Waals surface area contributed by atoms with Gasteiger partial charge in [0.15, 0.2) is 0 Å². The van der Waals surface area contributed by atoms with Crippen molar-refractivity contribution >= 4 is 5.91 Å². The molecule has 2 rings (SSSR count). The molecule has 134 valence electrons. The lowest BCUT2D eigenvalue weighted by atomic mass is 9.86. The molecule has 1 N–H and O–H groups in total. The Hall–Kier alpha value is -1.69. The van der Waals surface area contributed by atoms with Crippen LogP contribution in [0.25, 0.3) is 0 Å². The first-order valence-electron chi connectivity index (χ1n) is 8.45. The van der Waals surface area contributed by atoms with Crippen LogP contribution in [0.3, 0.4) is 0 Å². The summed E-state index contributed by atoms with van der Waals surface area (Å²) in [6.45, 7) is 0.266. The van der Waals surface area contributed by atoms with Crippen molar-refractivity contribution in [3.63, 3.8) is 0 Å². The highest BCUT2D eigenvalue weighted by molar-refractivity contribution is 5.78. The molecule has 0 bridgehead atoms. The summed E-state index contributed by atoms with van der Waals surface area (Å²) in [5.74, 6) is 0.713. The van der Waals surface area contributed by atoms with Gasteiger partial charge in [-0.15, -0.1) is 0 Å². The molecule has 0 radical (unpaired) electrons. The molecule has 1 aliphatic carbocycles. The summed E-state index contributed by atoms with van der Waals surface area (Å²) >= 11 is 0. The van der Waals surface area contributed by atoms with E-state index in [1.807, 2.05) is 11.9 Å². The third kappa shape index (κ3) is 6.07. The molecule has 4 nitrogen and oxygen atoms in total. The van der Waals surface area contributed by atoms with Gasteiger partial charge in [0.05, 0.1) is 6.54 Å². The van der Waals surface area contributed by atoms with Gasteiger partial charge in [-0.1, -0.05) is 31.9 Å². The summed E-state index contributed by atoms with van der Waals surface area (Å²) in [6, 6.07) is 6.77. The Labute approximate surface area is 142 Å². The molecular formula is C18H26F2N2O2. The third-order valence-electron chi connectivity index (χ3n) is 4.47. The van der Waals surface area contributed by atoms with Crippen molar-refractivity contribution in [2.45, 2.75) is 51.8 Å². The second kappa shape index (κ2) is 8.97. The molecule has 0 spiro atoms. The lowest BCUT2D eigenvalue weighted by Gasteiger charge is -2.30. The molecule has 1 aromatic carbocycles. The highest BCUT2D eigenvalue weighted by Crippen LogP contribution is 2.23. The minimum Gasteiger partial charge on any atom is -0.435 e. The molecule has 2 atom stereocenters. The van der Waals surface area contributed by atoms with E-state index >= 15 is 0 Å². The number of rotatable bonds is 7. The molecule has 0 aromatic heterocycles. The maximum absolute atomic E-state index is 12.2. The van der Waals surface area contributed by atoms with E-state index in [9.17, 15) is 13.6 Å². The standard InChI is InChI=1S/C18H26F2N2O2/c1-13-5-3-4-6-16(13)21-17(23)12-22(2)11-14-7-9-15(10-8-14)24-18(19)20/h7-10,13,16,18H,3-6,11-12H2,1-2H3,(H,21,23)/t13-,16-/m1/s1. The number of carbonyl (C=O) groups is 1. The number of nitrogens with one attached hydrogen (secondary N) is 1. The first kappa shape index (κ1) is 18.6. The van der Waals surface area contributed by atoms with Gasteiger partial charge in [-0.05, 0) is 43.5 Å². The first-order chi connectivity index (χ1) is 11.4. The van der Waals surface area contributed by atoms with Crippen LogP contribution >= 0.6 is 0 Å². The van der Waals surface area contributed by atoms with Gasteiger partial charge >= 0.3 is 6.61 Å². The smallest absolute Gasteiger partial charge is 0.387 e. The Kier molecular flexibility index (Phi) is 6.97. The predicted molar refractivity (Wildman–Crippen MR) is 89.0 cm³/mol. The van der Waals surface area contributed by atoms with Gasteiger partial charge in [-0.25, -0.2) is 0 Å². The lowest BCUT2D eigenvalue weighted by Crippen LogP contribution is -2.44. The molecular weight excluding hydrogens is 314 g/mol. The van der Waals surface area contributed by atoms with Crippen LogP contribution in [0, 0.1) is 5.92 Å². The minimum absolute atomic E-state index is 0.0360. The fraction of sp³-hybridized carbons (Fsp3) is 0.611. The van der Waals surface area contributed by atoms with E-state index < -0.39 is 6.61 Å². The summed E-state index contributed by atoms with van der Waals surface area (Å²) in [4.78, 5) is 14.1. The zero-order valence-corrected chi connectivity index (χ0v) is 14.3. The number of benzene rings is 1. The minimum atomic E-state index is -2.82. The predicted octanol–water partition coefficient (Wildman–Crippen LogP) is 3.41. The molecule has 6 heteroatoms. The SMILES string of the molecule is C[C@@H]1CCCC[C@H]1NC(=O)CN(C)Cc1ccc(OC(F)F)cc1. The molecule has 1 saturated carbocycles. The van der Waals surface area contributed by atoms with Crippen molar-refractivity contribution in [2.24, 2.45) is 5.92 Å². The lowest BCUT2D eigenvalue weighted by molar-refractivity contribution is -0.123. The van der Waals surface area contributed by atoms with E-state index in [2.05, 4.69) is 17.0 Å². The van der Waals surface area contributed by atoms with Crippen LogP contribution in [0.15, 0.2) is 24.3 Å². The van der Waals surface area contributed by atoms with Crippen LogP contribution in [-0.2, 0) is 11.3 Å². The average molecular weight is 340 g/mol. The van der Waals surface area contributed by atoms with Crippen molar-refractivity contribution in [3.8, 4) is 5.75 Å². The van der Waals surface area contributed by atoms with Crippen LogP contribution in [0.2, 0.25) is 0 Å². The third-order valence-corrected chi connectivity index (χ3v) is 4.47.